The van der Waals surface area contributed by atoms with Gasteiger partial charge in [0.2, 0.25) is 0 Å². The number of benzene rings is 6. The van der Waals surface area contributed by atoms with Gasteiger partial charge in [-0.1, -0.05) is 123 Å². The molecule has 0 radical (unpaired) electrons. The van der Waals surface area contributed by atoms with Crippen molar-refractivity contribution in [3.05, 3.63) is 167 Å². The lowest BCUT2D eigenvalue weighted by Crippen LogP contribution is -2.44. The number of carboxylic acid groups (broad SMARTS) is 2. The Bertz CT molecular complexity index is 2660. The third-order valence-electron chi connectivity index (χ3n) is 11.7. The van der Waals surface area contributed by atoms with Crippen LogP contribution in [0.4, 0.5) is 9.59 Å². The maximum absolute atomic E-state index is 12.7. The van der Waals surface area contributed by atoms with Crippen molar-refractivity contribution < 1.29 is 48.3 Å². The van der Waals surface area contributed by atoms with Crippen molar-refractivity contribution in [3.8, 4) is 44.9 Å². The summed E-state index contributed by atoms with van der Waals surface area (Å²) in [5.41, 5.74) is 12.0. The van der Waals surface area contributed by atoms with Crippen molar-refractivity contribution in [1.29, 1.82) is 0 Å². The fourth-order valence-electron chi connectivity index (χ4n) is 8.29. The molecule has 0 saturated heterocycles. The van der Waals surface area contributed by atoms with Crippen LogP contribution in [0, 0.1) is 0 Å². The Kier molecular flexibility index (Phi) is 16.7. The highest BCUT2D eigenvalue weighted by molar-refractivity contribution is 5.82. The van der Waals surface area contributed by atoms with Crippen molar-refractivity contribution in [2.45, 2.75) is 83.9 Å². The van der Waals surface area contributed by atoms with Gasteiger partial charge in [-0.15, -0.1) is 0 Å². The Morgan fingerprint density at radius 1 is 0.559 bits per heavy atom. The number of carbonyl (C=O) groups excluding carboxylic acids is 2. The summed E-state index contributed by atoms with van der Waals surface area (Å²) in [4.78, 5) is 48.1. The quantitative estimate of drug-likeness (QED) is 0.0733. The smallest absolute Gasteiger partial charge is 0.408 e. The van der Waals surface area contributed by atoms with Crippen molar-refractivity contribution in [2.75, 3.05) is 20.8 Å². The molecule has 4 N–H and O–H groups in total. The van der Waals surface area contributed by atoms with Crippen LogP contribution in [0.5, 0.6) is 11.5 Å². The summed E-state index contributed by atoms with van der Waals surface area (Å²) in [6, 6.07) is 41.4. The van der Waals surface area contributed by atoms with E-state index in [0.717, 1.165) is 80.0 Å². The second-order valence-electron chi connectivity index (χ2n) is 17.5. The van der Waals surface area contributed by atoms with E-state index in [-0.39, 0.29) is 25.4 Å². The molecule has 0 aromatic heterocycles. The van der Waals surface area contributed by atoms with Gasteiger partial charge >= 0.3 is 24.1 Å². The first-order valence-electron chi connectivity index (χ1n) is 22.7. The zero-order valence-corrected chi connectivity index (χ0v) is 39.6. The number of nitrogens with one attached hydrogen (secondary N) is 2. The highest BCUT2D eigenvalue weighted by Gasteiger charge is 2.30. The molecule has 1 aliphatic carbocycles. The average molecular weight is 921 g/mol. The normalized spacial score (nSPS) is 12.5. The van der Waals surface area contributed by atoms with Crippen LogP contribution < -0.4 is 20.1 Å². The number of ether oxygens (including phenoxy) is 4. The molecule has 0 saturated carbocycles. The molecule has 0 spiro atoms. The number of alkyl carbamates (subject to hydrolysis) is 2. The predicted molar refractivity (Wildman–Crippen MR) is 263 cm³/mol. The van der Waals surface area contributed by atoms with Gasteiger partial charge in [0.05, 0.1) is 14.2 Å². The van der Waals surface area contributed by atoms with E-state index >= 15 is 0 Å². The number of aryl methyl sites for hydroxylation is 2. The van der Waals surface area contributed by atoms with Gasteiger partial charge in [0, 0.05) is 18.8 Å². The van der Waals surface area contributed by atoms with E-state index in [0.29, 0.717) is 0 Å². The van der Waals surface area contributed by atoms with Gasteiger partial charge in [-0.3, -0.25) is 0 Å². The fourth-order valence-corrected chi connectivity index (χ4v) is 8.29. The maximum atomic E-state index is 12.7. The first-order chi connectivity index (χ1) is 32.6. The van der Waals surface area contributed by atoms with Crippen molar-refractivity contribution in [1.82, 2.24) is 10.6 Å². The summed E-state index contributed by atoms with van der Waals surface area (Å²) in [5.74, 6) is -0.681. The molecule has 0 unspecified atom stereocenters. The number of methoxy groups -OCH3 is 2. The van der Waals surface area contributed by atoms with Crippen LogP contribution in [0.3, 0.4) is 0 Å². The minimum absolute atomic E-state index is 0.0926. The van der Waals surface area contributed by atoms with Crippen LogP contribution in [-0.4, -0.2) is 72.8 Å². The predicted octanol–water partition coefficient (Wildman–Crippen LogP) is 10.9. The van der Waals surface area contributed by atoms with Gasteiger partial charge in [0.15, 0.2) is 0 Å². The number of hydrogen-bond donors (Lipinski definition) is 4. The summed E-state index contributed by atoms with van der Waals surface area (Å²) >= 11 is 0. The van der Waals surface area contributed by atoms with Gasteiger partial charge in [-0.2, -0.15) is 0 Å². The SMILES string of the molecule is CCc1cc(OC)ccc1-c1ccc(C[C@@H](NC(=O)OCC2c3ccccc3-c3ccccc32)C(=O)O)cc1.CCc1cc(OC)ccc1-c1ccc(C[C@H](NC(=O)OC(C)(C)C)C(=O)O)cc1. The molecular weight excluding hydrogens is 861 g/mol. The van der Waals surface area contributed by atoms with E-state index in [1.54, 1.807) is 35.0 Å². The average Bonchev–Trinajstić information content (AvgIpc) is 3.65. The first kappa shape index (κ1) is 49.8. The van der Waals surface area contributed by atoms with Crippen LogP contribution >= 0.6 is 0 Å². The number of rotatable bonds is 16. The standard InChI is InChI=1S/C33H31NO5.C23H29NO5/c1-3-22-19-24(38-2)16-17-25(22)23-14-12-21(13-15-23)18-31(32(35)36)34-33(37)39-20-30-28-10-6-4-8-26(28)27-9-5-7-11-29(27)30;1-6-16-14-18(28-5)11-12-19(16)17-9-7-15(8-10-17)13-20(21(25)26)24-22(27)29-23(2,3)4/h4-17,19,30-31H,3,18,20H2,1-2H3,(H,34,37)(H,35,36);7-12,14,20H,6,13H2,1-5H3,(H,24,27)(H,25,26)/t31-;20-/m10/s1. The van der Waals surface area contributed by atoms with Crippen LogP contribution in [0.15, 0.2) is 133 Å². The van der Waals surface area contributed by atoms with E-state index in [1.165, 1.54) is 11.1 Å². The van der Waals surface area contributed by atoms with Crippen LogP contribution in [0.2, 0.25) is 0 Å². The monoisotopic (exact) mass is 920 g/mol. The molecule has 0 bridgehead atoms. The molecule has 2 atom stereocenters. The molecule has 12 nitrogen and oxygen atoms in total. The summed E-state index contributed by atoms with van der Waals surface area (Å²) in [6.45, 7) is 9.49. The maximum Gasteiger partial charge on any atom is 0.408 e. The number of carboxylic acids is 2. The van der Waals surface area contributed by atoms with E-state index < -0.39 is 41.8 Å². The second-order valence-corrected chi connectivity index (χ2v) is 17.5. The lowest BCUT2D eigenvalue weighted by atomic mass is 9.96. The van der Waals surface area contributed by atoms with E-state index in [2.05, 4.69) is 36.6 Å². The molecule has 0 fully saturated rings. The molecule has 1 aliphatic rings. The number of hydrogen-bond acceptors (Lipinski definition) is 8. The molecule has 68 heavy (non-hydrogen) atoms. The highest BCUT2D eigenvalue weighted by Crippen LogP contribution is 2.44. The van der Waals surface area contributed by atoms with Crippen LogP contribution in [0.25, 0.3) is 33.4 Å². The fraction of sp³-hybridized carbons (Fsp3) is 0.286. The zero-order valence-electron chi connectivity index (χ0n) is 39.6. The molecule has 6 aromatic rings. The lowest BCUT2D eigenvalue weighted by molar-refractivity contribution is -0.140. The molecular formula is C56H60N2O10. The summed E-state index contributed by atoms with van der Waals surface area (Å²) < 4.78 is 21.3. The van der Waals surface area contributed by atoms with Crippen molar-refractivity contribution >= 4 is 24.1 Å². The van der Waals surface area contributed by atoms with Crippen LogP contribution in [0.1, 0.15) is 73.9 Å². The Balaban J connectivity index is 0.000000235. The van der Waals surface area contributed by atoms with E-state index in [9.17, 15) is 29.4 Å². The Morgan fingerprint density at radius 3 is 1.35 bits per heavy atom. The minimum atomic E-state index is -1.11. The number of fused-ring (bicyclic) bond motifs is 3. The number of amides is 2. The Labute approximate surface area is 398 Å². The zero-order chi connectivity index (χ0) is 49.0. The number of aliphatic carboxylic acids is 2. The Morgan fingerprint density at radius 2 is 0.971 bits per heavy atom. The van der Waals surface area contributed by atoms with Gasteiger partial charge in [-0.05, 0) is 125 Å². The first-order valence-corrected chi connectivity index (χ1v) is 22.7. The largest absolute Gasteiger partial charge is 0.497 e. The Hall–Kier alpha value is -7.60. The molecule has 2 amide bonds. The van der Waals surface area contributed by atoms with Gasteiger partial charge in [0.1, 0.15) is 35.8 Å². The molecule has 0 aliphatic heterocycles. The minimum Gasteiger partial charge on any atom is -0.497 e. The van der Waals surface area contributed by atoms with Crippen molar-refractivity contribution in [2.24, 2.45) is 0 Å². The summed E-state index contributed by atoms with van der Waals surface area (Å²) in [7, 11) is 3.30. The van der Waals surface area contributed by atoms with Gasteiger partial charge < -0.3 is 39.8 Å². The van der Waals surface area contributed by atoms with Gasteiger partial charge in [0.25, 0.3) is 0 Å². The van der Waals surface area contributed by atoms with E-state index in [1.807, 2.05) is 121 Å². The molecule has 0 heterocycles. The summed E-state index contributed by atoms with van der Waals surface area (Å²) in [6.07, 6.45) is 0.550. The molecule has 354 valence electrons. The van der Waals surface area contributed by atoms with E-state index in [4.69, 9.17) is 18.9 Å². The number of carbonyl (C=O) groups is 4. The van der Waals surface area contributed by atoms with Crippen LogP contribution in [-0.2, 0) is 44.7 Å². The third kappa shape index (κ3) is 12.8. The molecule has 6 aromatic carbocycles. The summed E-state index contributed by atoms with van der Waals surface area (Å²) in [5, 5.41) is 24.2. The van der Waals surface area contributed by atoms with Gasteiger partial charge in [-0.25, -0.2) is 19.2 Å². The second kappa shape index (κ2) is 22.7. The molecule has 7 rings (SSSR count). The highest BCUT2D eigenvalue weighted by atomic mass is 16.6. The van der Waals surface area contributed by atoms with Crippen molar-refractivity contribution in [3.63, 3.8) is 0 Å². The lowest BCUT2D eigenvalue weighted by Gasteiger charge is -2.22. The molecule has 12 heteroatoms. The topological polar surface area (TPSA) is 170 Å². The third-order valence-corrected chi connectivity index (χ3v) is 11.7.